The van der Waals surface area contributed by atoms with E-state index in [9.17, 15) is 0 Å². The summed E-state index contributed by atoms with van der Waals surface area (Å²) in [6.07, 6.45) is 0. The molecular formula is C18H42P2Pt. The molecule has 0 aliphatic heterocycles. The molecule has 0 N–H and O–H groups in total. The van der Waals surface area contributed by atoms with Crippen LogP contribution >= 0.6 is 15.8 Å². The van der Waals surface area contributed by atoms with Gasteiger partial charge in [-0.25, -0.2) is 0 Å². The van der Waals surface area contributed by atoms with Crippen molar-refractivity contribution in [1.29, 1.82) is 0 Å². The molecule has 3 heteroatoms. The van der Waals surface area contributed by atoms with Gasteiger partial charge in [-0.05, 0) is 34.0 Å². The average Bonchev–Trinajstić information content (AvgIpc) is 2.12. The molecule has 0 radical (unpaired) electrons. The van der Waals surface area contributed by atoms with Crippen molar-refractivity contribution in [3.8, 4) is 0 Å². The van der Waals surface area contributed by atoms with Crippen LogP contribution in [0.1, 0.15) is 83.1 Å². The fraction of sp³-hybridized carbons (Fsp3) is 1.00. The molecule has 0 aliphatic rings. The monoisotopic (exact) mass is 515 g/mol. The van der Waals surface area contributed by atoms with Gasteiger partial charge < -0.3 is 0 Å². The van der Waals surface area contributed by atoms with E-state index >= 15 is 0 Å². The molecule has 134 valence electrons. The normalized spacial score (nSPS) is 12.0. The zero-order valence-electron chi connectivity index (χ0n) is 16.7. The smallest absolute Gasteiger partial charge is 0 e. The Hall–Kier alpha value is 1.55. The van der Waals surface area contributed by atoms with Crippen LogP contribution < -0.4 is 0 Å². The summed E-state index contributed by atoms with van der Waals surface area (Å²) in [7, 11) is 0.525. The molecule has 0 aromatic rings. The van der Waals surface area contributed by atoms with Gasteiger partial charge >= 0.3 is 0 Å². The third-order valence-corrected chi connectivity index (χ3v) is 10.7. The first-order chi connectivity index (χ1) is 8.93. The largest absolute Gasteiger partial charge is 0.0988 e. The standard InChI is InChI=1S/2C9H21P.Pt/c2*1-7(2)10(8(3)4)9(5)6;/h2*7-9H,1-6H3;. The van der Waals surface area contributed by atoms with Gasteiger partial charge in [-0.2, -0.15) is 0 Å². The molecule has 0 aliphatic carbocycles. The van der Waals surface area contributed by atoms with Crippen LogP contribution in [0, 0.1) is 0 Å². The van der Waals surface area contributed by atoms with Crippen molar-refractivity contribution in [2.75, 3.05) is 0 Å². The molecule has 0 rings (SSSR count). The molecule has 0 saturated heterocycles. The Morgan fingerprint density at radius 1 is 0.333 bits per heavy atom. The minimum absolute atomic E-state index is 0. The Labute approximate surface area is 153 Å². The average molecular weight is 516 g/mol. The zero-order valence-corrected chi connectivity index (χ0v) is 20.7. The molecule has 0 unspecified atom stereocenters. The molecule has 0 aromatic carbocycles. The van der Waals surface area contributed by atoms with Crippen molar-refractivity contribution in [1.82, 2.24) is 0 Å². The fourth-order valence-corrected chi connectivity index (χ4v) is 10.7. The fourth-order valence-electron chi connectivity index (χ4n) is 3.58. The van der Waals surface area contributed by atoms with Gasteiger partial charge in [0.2, 0.25) is 0 Å². The third kappa shape index (κ3) is 12.6. The predicted molar refractivity (Wildman–Crippen MR) is 105 cm³/mol. The van der Waals surface area contributed by atoms with Gasteiger partial charge in [0.05, 0.1) is 0 Å². The Morgan fingerprint density at radius 2 is 0.429 bits per heavy atom. The van der Waals surface area contributed by atoms with Crippen LogP contribution in [0.3, 0.4) is 0 Å². The molecular weight excluding hydrogens is 473 g/mol. The van der Waals surface area contributed by atoms with Gasteiger partial charge in [0, 0.05) is 21.1 Å². The van der Waals surface area contributed by atoms with Crippen LogP contribution in [0.2, 0.25) is 0 Å². The Morgan fingerprint density at radius 3 is 0.429 bits per heavy atom. The molecule has 21 heavy (non-hydrogen) atoms. The van der Waals surface area contributed by atoms with Crippen molar-refractivity contribution in [3.63, 3.8) is 0 Å². The van der Waals surface area contributed by atoms with Crippen molar-refractivity contribution in [2.45, 2.75) is 117 Å². The molecule has 0 fully saturated rings. The summed E-state index contributed by atoms with van der Waals surface area (Å²) in [4.78, 5) is 0. The second-order valence-corrected chi connectivity index (χ2v) is 15.4. The van der Waals surface area contributed by atoms with E-state index in [1.54, 1.807) is 0 Å². The van der Waals surface area contributed by atoms with Gasteiger partial charge in [0.15, 0.2) is 0 Å². The summed E-state index contributed by atoms with van der Waals surface area (Å²) in [5.74, 6) is 0. The van der Waals surface area contributed by atoms with E-state index in [1.807, 2.05) is 0 Å². The second kappa shape index (κ2) is 13.9. The van der Waals surface area contributed by atoms with Crippen molar-refractivity contribution in [3.05, 3.63) is 0 Å². The minimum Gasteiger partial charge on any atom is -0.0988 e. The van der Waals surface area contributed by atoms with E-state index in [4.69, 9.17) is 0 Å². The maximum Gasteiger partial charge on any atom is 0 e. The summed E-state index contributed by atoms with van der Waals surface area (Å²) in [6, 6.07) is 0. The van der Waals surface area contributed by atoms with Gasteiger partial charge in [0.1, 0.15) is 0 Å². The van der Waals surface area contributed by atoms with Crippen molar-refractivity contribution >= 4 is 15.8 Å². The van der Waals surface area contributed by atoms with Gasteiger partial charge in [0.25, 0.3) is 0 Å². The van der Waals surface area contributed by atoms with Crippen molar-refractivity contribution in [2.24, 2.45) is 0 Å². The Balaban J connectivity index is -0.000000295. The minimum atomic E-state index is 0. The first-order valence-electron chi connectivity index (χ1n) is 8.48. The zero-order chi connectivity index (χ0) is 16.6. The Kier molecular flexibility index (Phi) is 18.2. The maximum absolute atomic E-state index is 2.35. The molecule has 0 aromatic heterocycles. The summed E-state index contributed by atoms with van der Waals surface area (Å²) in [5.41, 5.74) is 5.39. The molecule has 0 heterocycles. The predicted octanol–water partition coefficient (Wildman–Crippen LogP) is 7.38. The second-order valence-electron chi connectivity index (χ2n) is 7.46. The van der Waals surface area contributed by atoms with Gasteiger partial charge in [-0.1, -0.05) is 98.9 Å². The Bertz CT molecular complexity index is 161. The first-order valence-corrected chi connectivity index (χ1v) is 11.6. The molecule has 0 atom stereocenters. The third-order valence-electron chi connectivity index (χ3n) is 3.58. The molecule has 0 spiro atoms. The SMILES string of the molecule is CC(C)P(C(C)C)C(C)C.CC(C)P(C(C)C)C(C)C.[Pt]. The summed E-state index contributed by atoms with van der Waals surface area (Å²) >= 11 is 0. The summed E-state index contributed by atoms with van der Waals surface area (Å²) in [6.45, 7) is 28.2. The summed E-state index contributed by atoms with van der Waals surface area (Å²) in [5, 5.41) is 0. The topological polar surface area (TPSA) is 0 Å². The first kappa shape index (κ1) is 27.4. The number of rotatable bonds is 6. The molecule has 0 bridgehead atoms. The summed E-state index contributed by atoms with van der Waals surface area (Å²) < 4.78 is 0. The maximum atomic E-state index is 2.35. The number of hydrogen-bond donors (Lipinski definition) is 0. The van der Waals surface area contributed by atoms with E-state index < -0.39 is 0 Å². The van der Waals surface area contributed by atoms with Gasteiger partial charge in [-0.15, -0.1) is 0 Å². The van der Waals surface area contributed by atoms with Gasteiger partial charge in [-0.3, -0.25) is 0 Å². The van der Waals surface area contributed by atoms with Crippen LogP contribution in [0.5, 0.6) is 0 Å². The molecule has 0 saturated carbocycles. The van der Waals surface area contributed by atoms with Crippen LogP contribution in [0.25, 0.3) is 0 Å². The van der Waals surface area contributed by atoms with E-state index in [1.165, 1.54) is 0 Å². The van der Waals surface area contributed by atoms with E-state index in [0.29, 0.717) is 0 Å². The molecule has 0 nitrogen and oxygen atoms in total. The van der Waals surface area contributed by atoms with E-state index in [0.717, 1.165) is 34.0 Å². The quantitative estimate of drug-likeness (QED) is 0.324. The van der Waals surface area contributed by atoms with Crippen molar-refractivity contribution < 1.29 is 21.1 Å². The van der Waals surface area contributed by atoms with Crippen LogP contribution in [-0.4, -0.2) is 34.0 Å². The number of hydrogen-bond acceptors (Lipinski definition) is 0. The van der Waals surface area contributed by atoms with Crippen LogP contribution in [0.15, 0.2) is 0 Å². The van der Waals surface area contributed by atoms with E-state index in [-0.39, 0.29) is 36.9 Å². The van der Waals surface area contributed by atoms with Crippen LogP contribution in [-0.2, 0) is 21.1 Å². The molecule has 0 amide bonds. The van der Waals surface area contributed by atoms with Crippen LogP contribution in [0.4, 0.5) is 0 Å². The van der Waals surface area contributed by atoms with E-state index in [2.05, 4.69) is 83.1 Å².